The molecular formula is C17H30O3. The Morgan fingerprint density at radius 1 is 1.15 bits per heavy atom. The van der Waals surface area contributed by atoms with Crippen molar-refractivity contribution in [3.8, 4) is 0 Å². The monoisotopic (exact) mass is 282 g/mol. The molecule has 0 saturated heterocycles. The van der Waals surface area contributed by atoms with Crippen molar-refractivity contribution in [2.24, 2.45) is 17.8 Å². The second-order valence-electron chi connectivity index (χ2n) is 6.76. The highest BCUT2D eigenvalue weighted by Crippen LogP contribution is 2.35. The van der Waals surface area contributed by atoms with Gasteiger partial charge in [-0.3, -0.25) is 4.79 Å². The minimum atomic E-state index is -0.0849. The predicted octanol–water partition coefficient (Wildman–Crippen LogP) is 4.14. The highest BCUT2D eigenvalue weighted by atomic mass is 16.5. The fraction of sp³-hybridized carbons (Fsp3) is 0.882. The van der Waals surface area contributed by atoms with Crippen LogP contribution in [0.25, 0.3) is 0 Å². The van der Waals surface area contributed by atoms with Crippen LogP contribution in [0.15, 0.2) is 0 Å². The van der Waals surface area contributed by atoms with Crippen LogP contribution in [-0.2, 0) is 14.3 Å². The zero-order chi connectivity index (χ0) is 15.1. The normalized spacial score (nSPS) is 26.6. The molecule has 3 nitrogen and oxygen atoms in total. The standard InChI is InChI=1S/C17H30O3/c1-12(2)15-10-9-13(3)11-16(15)20-17(19)8-6-5-7-14(4)18/h12-13,15-16H,5-11H2,1-4H3. The Hall–Kier alpha value is -0.860. The van der Waals surface area contributed by atoms with Gasteiger partial charge in [0, 0.05) is 12.8 Å². The van der Waals surface area contributed by atoms with Gasteiger partial charge in [0.15, 0.2) is 0 Å². The molecule has 3 heteroatoms. The van der Waals surface area contributed by atoms with E-state index in [4.69, 9.17) is 4.74 Å². The number of hydrogen-bond donors (Lipinski definition) is 0. The molecule has 0 aliphatic heterocycles. The third-order valence-corrected chi connectivity index (χ3v) is 4.40. The van der Waals surface area contributed by atoms with Crippen molar-refractivity contribution in [2.75, 3.05) is 0 Å². The quantitative estimate of drug-likeness (QED) is 0.520. The molecule has 1 aliphatic rings. The number of Topliss-reactive ketones (excluding diaryl/α,β-unsaturated/α-hetero) is 1. The van der Waals surface area contributed by atoms with Crippen molar-refractivity contribution in [3.63, 3.8) is 0 Å². The molecule has 1 rings (SSSR count). The Balaban J connectivity index is 2.35. The topological polar surface area (TPSA) is 43.4 Å². The first-order chi connectivity index (χ1) is 9.40. The van der Waals surface area contributed by atoms with Crippen molar-refractivity contribution in [1.82, 2.24) is 0 Å². The molecule has 3 atom stereocenters. The van der Waals surface area contributed by atoms with E-state index in [-0.39, 0.29) is 17.9 Å². The summed E-state index contributed by atoms with van der Waals surface area (Å²) in [4.78, 5) is 22.8. The van der Waals surface area contributed by atoms with Crippen LogP contribution in [-0.4, -0.2) is 17.9 Å². The lowest BCUT2D eigenvalue weighted by Crippen LogP contribution is -2.35. The Morgan fingerprint density at radius 3 is 2.40 bits per heavy atom. The number of carbonyl (C=O) groups excluding carboxylic acids is 2. The second kappa shape index (κ2) is 8.43. The number of hydrogen-bond acceptors (Lipinski definition) is 3. The van der Waals surface area contributed by atoms with Crippen molar-refractivity contribution in [1.29, 1.82) is 0 Å². The molecule has 1 aliphatic carbocycles. The van der Waals surface area contributed by atoms with Crippen molar-refractivity contribution >= 4 is 11.8 Å². The average molecular weight is 282 g/mol. The van der Waals surface area contributed by atoms with Gasteiger partial charge in [-0.2, -0.15) is 0 Å². The van der Waals surface area contributed by atoms with Gasteiger partial charge in [-0.05, 0) is 50.4 Å². The summed E-state index contributed by atoms with van der Waals surface area (Å²) in [5, 5.41) is 0. The van der Waals surface area contributed by atoms with E-state index in [1.165, 1.54) is 12.8 Å². The van der Waals surface area contributed by atoms with Gasteiger partial charge in [-0.15, -0.1) is 0 Å². The van der Waals surface area contributed by atoms with Gasteiger partial charge in [-0.1, -0.05) is 27.2 Å². The van der Waals surface area contributed by atoms with Gasteiger partial charge in [0.2, 0.25) is 0 Å². The van der Waals surface area contributed by atoms with E-state index in [2.05, 4.69) is 20.8 Å². The first-order valence-corrected chi connectivity index (χ1v) is 8.09. The van der Waals surface area contributed by atoms with Gasteiger partial charge >= 0.3 is 5.97 Å². The molecule has 0 bridgehead atoms. The number of unbranched alkanes of at least 4 members (excludes halogenated alkanes) is 1. The highest BCUT2D eigenvalue weighted by molar-refractivity contribution is 5.75. The minimum Gasteiger partial charge on any atom is -0.462 e. The summed E-state index contributed by atoms with van der Waals surface area (Å²) in [7, 11) is 0. The van der Waals surface area contributed by atoms with Crippen LogP contribution >= 0.6 is 0 Å². The molecule has 0 aromatic carbocycles. The third kappa shape index (κ3) is 6.06. The van der Waals surface area contributed by atoms with Crippen LogP contribution in [0, 0.1) is 17.8 Å². The summed E-state index contributed by atoms with van der Waals surface area (Å²) in [6, 6.07) is 0. The van der Waals surface area contributed by atoms with E-state index in [0.29, 0.717) is 30.6 Å². The molecule has 1 saturated carbocycles. The Kier molecular flexibility index (Phi) is 7.25. The van der Waals surface area contributed by atoms with Crippen LogP contribution in [0.4, 0.5) is 0 Å². The smallest absolute Gasteiger partial charge is 0.306 e. The molecule has 0 aromatic rings. The fourth-order valence-corrected chi connectivity index (χ4v) is 3.12. The average Bonchev–Trinajstić information content (AvgIpc) is 2.34. The lowest BCUT2D eigenvalue weighted by atomic mass is 9.75. The van der Waals surface area contributed by atoms with E-state index in [1.54, 1.807) is 6.92 Å². The Labute approximate surface area is 123 Å². The third-order valence-electron chi connectivity index (χ3n) is 4.40. The number of ketones is 1. The summed E-state index contributed by atoms with van der Waals surface area (Å²) in [5.41, 5.74) is 0. The predicted molar refractivity (Wildman–Crippen MR) is 80.4 cm³/mol. The van der Waals surface area contributed by atoms with Crippen LogP contribution in [0.2, 0.25) is 0 Å². The maximum Gasteiger partial charge on any atom is 0.306 e. The molecule has 0 radical (unpaired) electrons. The molecule has 20 heavy (non-hydrogen) atoms. The Bertz CT molecular complexity index is 322. The van der Waals surface area contributed by atoms with Crippen LogP contribution in [0.3, 0.4) is 0 Å². The zero-order valence-electron chi connectivity index (χ0n) is 13.5. The zero-order valence-corrected chi connectivity index (χ0v) is 13.5. The lowest BCUT2D eigenvalue weighted by molar-refractivity contribution is -0.156. The first kappa shape index (κ1) is 17.2. The highest BCUT2D eigenvalue weighted by Gasteiger charge is 2.33. The molecule has 0 N–H and O–H groups in total. The SMILES string of the molecule is CC(=O)CCCCC(=O)OC1CC(C)CCC1C(C)C. The van der Waals surface area contributed by atoms with Crippen LogP contribution < -0.4 is 0 Å². The van der Waals surface area contributed by atoms with Crippen molar-refractivity contribution in [2.45, 2.75) is 78.7 Å². The molecule has 0 spiro atoms. The Morgan fingerprint density at radius 2 is 1.80 bits per heavy atom. The van der Waals surface area contributed by atoms with E-state index in [9.17, 15) is 9.59 Å². The summed E-state index contributed by atoms with van der Waals surface area (Å²) in [6.07, 6.45) is 6.08. The summed E-state index contributed by atoms with van der Waals surface area (Å²) >= 11 is 0. The van der Waals surface area contributed by atoms with Crippen LogP contribution in [0.1, 0.15) is 72.6 Å². The summed E-state index contributed by atoms with van der Waals surface area (Å²) in [5.74, 6) is 1.84. The van der Waals surface area contributed by atoms with E-state index in [0.717, 1.165) is 19.3 Å². The van der Waals surface area contributed by atoms with Crippen LogP contribution in [0.5, 0.6) is 0 Å². The lowest BCUT2D eigenvalue weighted by Gasteiger charge is -2.36. The summed E-state index contributed by atoms with van der Waals surface area (Å²) in [6.45, 7) is 8.27. The maximum atomic E-state index is 11.9. The van der Waals surface area contributed by atoms with E-state index in [1.807, 2.05) is 0 Å². The number of rotatable bonds is 7. The van der Waals surface area contributed by atoms with E-state index < -0.39 is 0 Å². The second-order valence-corrected chi connectivity index (χ2v) is 6.76. The molecule has 1 fully saturated rings. The van der Waals surface area contributed by atoms with Gasteiger partial charge in [0.05, 0.1) is 0 Å². The summed E-state index contributed by atoms with van der Waals surface area (Å²) < 4.78 is 5.72. The molecule has 3 unspecified atom stereocenters. The fourth-order valence-electron chi connectivity index (χ4n) is 3.12. The molecule has 0 heterocycles. The van der Waals surface area contributed by atoms with Gasteiger partial charge in [0.25, 0.3) is 0 Å². The first-order valence-electron chi connectivity index (χ1n) is 8.09. The van der Waals surface area contributed by atoms with E-state index >= 15 is 0 Å². The van der Waals surface area contributed by atoms with Crippen molar-refractivity contribution < 1.29 is 14.3 Å². The molecular weight excluding hydrogens is 252 g/mol. The van der Waals surface area contributed by atoms with Gasteiger partial charge < -0.3 is 9.53 Å². The minimum absolute atomic E-state index is 0.0849. The number of esters is 1. The number of carbonyl (C=O) groups is 2. The number of ether oxygens (including phenoxy) is 1. The largest absolute Gasteiger partial charge is 0.462 e. The maximum absolute atomic E-state index is 11.9. The molecule has 0 amide bonds. The van der Waals surface area contributed by atoms with Crippen molar-refractivity contribution in [3.05, 3.63) is 0 Å². The van der Waals surface area contributed by atoms with Gasteiger partial charge in [0.1, 0.15) is 11.9 Å². The molecule has 116 valence electrons. The van der Waals surface area contributed by atoms with Gasteiger partial charge in [-0.25, -0.2) is 0 Å². The molecule has 0 aromatic heterocycles.